The summed E-state index contributed by atoms with van der Waals surface area (Å²) in [6.07, 6.45) is 4.85. The number of allylic oxidation sites excluding steroid dienone is 4. The zero-order chi connectivity index (χ0) is 7.28. The molecule has 0 unspecified atom stereocenters. The van der Waals surface area contributed by atoms with E-state index in [1.54, 1.807) is 0 Å². The molecule has 0 spiro atoms. The summed E-state index contributed by atoms with van der Waals surface area (Å²) in [5, 5.41) is 0. The monoisotopic (exact) mass is 186 g/mol. The third-order valence-corrected chi connectivity index (χ3v) is 1.64. The van der Waals surface area contributed by atoms with Gasteiger partial charge in [-0.1, -0.05) is 34.7 Å². The summed E-state index contributed by atoms with van der Waals surface area (Å²) in [5.41, 5.74) is 1.18. The van der Waals surface area contributed by atoms with E-state index in [4.69, 9.17) is 0 Å². The van der Waals surface area contributed by atoms with E-state index in [1.807, 2.05) is 13.0 Å². The SMILES string of the molecule is C=CCC=C(C)C(=C)Br. The van der Waals surface area contributed by atoms with E-state index in [1.165, 1.54) is 5.57 Å². The zero-order valence-corrected chi connectivity index (χ0v) is 7.24. The van der Waals surface area contributed by atoms with Gasteiger partial charge in [-0.25, -0.2) is 0 Å². The number of hydrogen-bond acceptors (Lipinski definition) is 0. The molecule has 0 aliphatic heterocycles. The van der Waals surface area contributed by atoms with Crippen LogP contribution in [-0.2, 0) is 0 Å². The van der Waals surface area contributed by atoms with Gasteiger partial charge < -0.3 is 0 Å². The van der Waals surface area contributed by atoms with Crippen LogP contribution in [0, 0.1) is 0 Å². The third kappa shape index (κ3) is 4.22. The van der Waals surface area contributed by atoms with Crippen molar-refractivity contribution in [3.8, 4) is 0 Å². The van der Waals surface area contributed by atoms with Crippen LogP contribution in [0.25, 0.3) is 0 Å². The Hall–Kier alpha value is -0.300. The molecule has 9 heavy (non-hydrogen) atoms. The van der Waals surface area contributed by atoms with Crippen molar-refractivity contribution in [2.24, 2.45) is 0 Å². The lowest BCUT2D eigenvalue weighted by atomic mass is 10.2. The molecule has 0 aromatic heterocycles. The molecule has 0 amide bonds. The van der Waals surface area contributed by atoms with Crippen LogP contribution in [0.1, 0.15) is 13.3 Å². The van der Waals surface area contributed by atoms with Crippen LogP contribution in [0.15, 0.2) is 35.4 Å². The highest BCUT2D eigenvalue weighted by Crippen LogP contribution is 2.13. The Morgan fingerprint density at radius 3 is 2.56 bits per heavy atom. The van der Waals surface area contributed by atoms with E-state index < -0.39 is 0 Å². The largest absolute Gasteiger partial charge is 0.103 e. The standard InChI is InChI=1S/C8H11Br/c1-4-5-6-7(2)8(3)9/h4,6H,1,3,5H2,2H3. The van der Waals surface area contributed by atoms with Crippen molar-refractivity contribution in [2.75, 3.05) is 0 Å². The first kappa shape index (κ1) is 8.70. The number of hydrogen-bond donors (Lipinski definition) is 0. The molecule has 0 N–H and O–H groups in total. The Morgan fingerprint density at radius 1 is 1.67 bits per heavy atom. The fourth-order valence-electron chi connectivity index (χ4n) is 0.371. The minimum absolute atomic E-state index is 0.913. The van der Waals surface area contributed by atoms with Gasteiger partial charge in [0.15, 0.2) is 0 Å². The molecule has 0 atom stereocenters. The summed E-state index contributed by atoms with van der Waals surface area (Å²) in [4.78, 5) is 0. The van der Waals surface area contributed by atoms with Crippen molar-refractivity contribution in [3.05, 3.63) is 35.4 Å². The van der Waals surface area contributed by atoms with Crippen molar-refractivity contribution in [1.29, 1.82) is 0 Å². The molecule has 0 bridgehead atoms. The van der Waals surface area contributed by atoms with Gasteiger partial charge in [0.25, 0.3) is 0 Å². The van der Waals surface area contributed by atoms with Crippen LogP contribution < -0.4 is 0 Å². The van der Waals surface area contributed by atoms with E-state index in [9.17, 15) is 0 Å². The minimum Gasteiger partial charge on any atom is -0.103 e. The van der Waals surface area contributed by atoms with Crippen LogP contribution in [0.3, 0.4) is 0 Å². The van der Waals surface area contributed by atoms with Crippen molar-refractivity contribution in [1.82, 2.24) is 0 Å². The Balaban J connectivity index is 3.83. The van der Waals surface area contributed by atoms with E-state index in [0.29, 0.717) is 0 Å². The van der Waals surface area contributed by atoms with E-state index in [0.717, 1.165) is 10.9 Å². The summed E-state index contributed by atoms with van der Waals surface area (Å²) < 4.78 is 0.948. The molecule has 0 aromatic carbocycles. The summed E-state index contributed by atoms with van der Waals surface area (Å²) in [7, 11) is 0. The van der Waals surface area contributed by atoms with Gasteiger partial charge in [0.2, 0.25) is 0 Å². The Kier molecular flexibility index (Phi) is 4.41. The predicted octanol–water partition coefficient (Wildman–Crippen LogP) is 3.42. The average molecular weight is 187 g/mol. The van der Waals surface area contributed by atoms with Crippen molar-refractivity contribution in [2.45, 2.75) is 13.3 Å². The third-order valence-electron chi connectivity index (χ3n) is 1.02. The molecule has 0 aliphatic rings. The molecule has 1 heteroatoms. The fraction of sp³-hybridized carbons (Fsp3) is 0.250. The topological polar surface area (TPSA) is 0 Å². The van der Waals surface area contributed by atoms with Crippen molar-refractivity contribution in [3.63, 3.8) is 0 Å². The van der Waals surface area contributed by atoms with Gasteiger partial charge in [0.1, 0.15) is 0 Å². The highest BCUT2D eigenvalue weighted by Gasteiger charge is 1.86. The van der Waals surface area contributed by atoms with E-state index in [2.05, 4.69) is 35.2 Å². The fourth-order valence-corrected chi connectivity index (χ4v) is 0.533. The molecule has 50 valence electrons. The maximum atomic E-state index is 3.72. The minimum atomic E-state index is 0.913. The summed E-state index contributed by atoms with van der Waals surface area (Å²) in [6, 6.07) is 0. The van der Waals surface area contributed by atoms with Gasteiger partial charge >= 0.3 is 0 Å². The van der Waals surface area contributed by atoms with Crippen LogP contribution >= 0.6 is 15.9 Å². The number of halogens is 1. The lowest BCUT2D eigenvalue weighted by molar-refractivity contribution is 1.34. The molecule has 0 saturated carbocycles. The second-order valence-corrected chi connectivity index (χ2v) is 2.77. The first-order chi connectivity index (χ1) is 4.18. The molecule has 0 nitrogen and oxygen atoms in total. The van der Waals surface area contributed by atoms with Crippen LogP contribution in [0.5, 0.6) is 0 Å². The van der Waals surface area contributed by atoms with Crippen molar-refractivity contribution >= 4 is 15.9 Å². The molecule has 0 radical (unpaired) electrons. The Labute approximate surface area is 65.1 Å². The molecular formula is C8H11Br. The number of rotatable bonds is 3. The molecule has 0 heterocycles. The van der Waals surface area contributed by atoms with Crippen LogP contribution in [0.2, 0.25) is 0 Å². The second kappa shape index (κ2) is 4.57. The van der Waals surface area contributed by atoms with Gasteiger partial charge in [-0.15, -0.1) is 6.58 Å². The normalized spacial score (nSPS) is 11.1. The summed E-state index contributed by atoms with van der Waals surface area (Å²) in [5.74, 6) is 0. The van der Waals surface area contributed by atoms with Gasteiger partial charge in [0.05, 0.1) is 0 Å². The maximum Gasteiger partial charge on any atom is 0.0129 e. The average Bonchev–Trinajstić information content (AvgIpc) is 1.82. The van der Waals surface area contributed by atoms with Gasteiger partial charge in [0, 0.05) is 4.48 Å². The quantitative estimate of drug-likeness (QED) is 0.469. The summed E-state index contributed by atoms with van der Waals surface area (Å²) in [6.45, 7) is 9.34. The molecule has 0 fully saturated rings. The van der Waals surface area contributed by atoms with E-state index in [-0.39, 0.29) is 0 Å². The predicted molar refractivity (Wildman–Crippen MR) is 46.6 cm³/mol. The Morgan fingerprint density at radius 2 is 2.22 bits per heavy atom. The Bertz CT molecular complexity index is 143. The highest BCUT2D eigenvalue weighted by atomic mass is 79.9. The lowest BCUT2D eigenvalue weighted by Crippen LogP contribution is -1.70. The first-order valence-corrected chi connectivity index (χ1v) is 3.60. The van der Waals surface area contributed by atoms with Crippen LogP contribution in [-0.4, -0.2) is 0 Å². The molecule has 0 aliphatic carbocycles. The second-order valence-electron chi connectivity index (χ2n) is 1.82. The molecular weight excluding hydrogens is 176 g/mol. The molecule has 0 rings (SSSR count). The first-order valence-electron chi connectivity index (χ1n) is 2.81. The zero-order valence-electron chi connectivity index (χ0n) is 5.65. The highest BCUT2D eigenvalue weighted by molar-refractivity contribution is 9.11. The smallest absolute Gasteiger partial charge is 0.0129 e. The van der Waals surface area contributed by atoms with Crippen molar-refractivity contribution < 1.29 is 0 Å². The molecule has 0 aromatic rings. The van der Waals surface area contributed by atoms with Crippen LogP contribution in [0.4, 0.5) is 0 Å². The van der Waals surface area contributed by atoms with Gasteiger partial charge in [-0.05, 0) is 18.9 Å². The van der Waals surface area contributed by atoms with Gasteiger partial charge in [-0.3, -0.25) is 0 Å². The van der Waals surface area contributed by atoms with Gasteiger partial charge in [-0.2, -0.15) is 0 Å². The lowest BCUT2D eigenvalue weighted by Gasteiger charge is -1.92. The summed E-state index contributed by atoms with van der Waals surface area (Å²) >= 11 is 3.27. The van der Waals surface area contributed by atoms with E-state index >= 15 is 0 Å². The maximum absolute atomic E-state index is 3.72. The molecule has 0 saturated heterocycles.